The zero-order chi connectivity index (χ0) is 20.4. The Morgan fingerprint density at radius 3 is 2.36 bits per heavy atom. The highest BCUT2D eigenvalue weighted by Gasteiger charge is 2.15. The van der Waals surface area contributed by atoms with Crippen molar-refractivity contribution >= 4 is 34.3 Å². The monoisotopic (exact) mass is 380 g/mol. The summed E-state index contributed by atoms with van der Waals surface area (Å²) in [7, 11) is 0. The van der Waals surface area contributed by atoms with E-state index in [4.69, 9.17) is 0 Å². The van der Waals surface area contributed by atoms with E-state index < -0.39 is 21.2 Å². The van der Waals surface area contributed by atoms with E-state index in [1.54, 1.807) is 6.07 Å². The van der Waals surface area contributed by atoms with Crippen molar-refractivity contribution < 1.29 is 14.6 Å². The Bertz CT molecular complexity index is 1230. The van der Waals surface area contributed by atoms with Crippen LogP contribution in [-0.4, -0.2) is 26.5 Å². The Morgan fingerprint density at radius 2 is 1.71 bits per heavy atom. The van der Waals surface area contributed by atoms with Gasteiger partial charge in [-0.15, -0.1) is 0 Å². The van der Waals surface area contributed by atoms with Gasteiger partial charge in [-0.2, -0.15) is 9.78 Å². The molecule has 3 aromatic rings. The number of pyridine rings is 1. The summed E-state index contributed by atoms with van der Waals surface area (Å²) in [6, 6.07) is 10.7. The molecule has 0 atom stereocenters. The molecule has 0 N–H and O–H groups in total. The predicted octanol–water partition coefficient (Wildman–Crippen LogP) is 2.90. The molecule has 0 unspecified atom stereocenters. The Morgan fingerprint density at radius 1 is 1.04 bits per heavy atom. The van der Waals surface area contributed by atoms with Crippen LogP contribution in [0.1, 0.15) is 22.8 Å². The molecule has 0 saturated carbocycles. The predicted molar refractivity (Wildman–Crippen MR) is 101 cm³/mol. The van der Waals surface area contributed by atoms with Crippen LogP contribution in [0, 0.1) is 20.2 Å². The normalized spacial score (nSPS) is 11.0. The Labute approximate surface area is 156 Å². The first-order chi connectivity index (χ1) is 13.3. The lowest BCUT2D eigenvalue weighted by atomic mass is 10.1. The molecule has 0 amide bonds. The molecular weight excluding hydrogens is 368 g/mol. The molecule has 0 aliphatic heterocycles. The zero-order valence-electron chi connectivity index (χ0n) is 14.4. The second kappa shape index (κ2) is 7.19. The maximum absolute atomic E-state index is 12.6. The molecule has 2 aromatic carbocycles. The van der Waals surface area contributed by atoms with Gasteiger partial charge in [0.25, 0.3) is 16.9 Å². The van der Waals surface area contributed by atoms with E-state index in [0.29, 0.717) is 5.56 Å². The van der Waals surface area contributed by atoms with Gasteiger partial charge in [-0.3, -0.25) is 29.8 Å². The summed E-state index contributed by atoms with van der Waals surface area (Å²) in [6.45, 7) is 1.20. The van der Waals surface area contributed by atoms with E-state index in [0.717, 1.165) is 4.68 Å². The fourth-order valence-electron chi connectivity index (χ4n) is 2.61. The molecule has 10 nitrogen and oxygen atoms in total. The minimum Gasteiger partial charge on any atom is -0.294 e. The van der Waals surface area contributed by atoms with Gasteiger partial charge in [0.1, 0.15) is 0 Å². The first kappa shape index (κ1) is 18.6. The molecule has 0 aliphatic rings. The van der Waals surface area contributed by atoms with Crippen molar-refractivity contribution in [3.05, 3.63) is 90.2 Å². The van der Waals surface area contributed by atoms with Gasteiger partial charge >= 0.3 is 0 Å². The summed E-state index contributed by atoms with van der Waals surface area (Å²) in [5.74, 6) is -0.516. The zero-order valence-corrected chi connectivity index (χ0v) is 14.4. The highest BCUT2D eigenvalue weighted by Crippen LogP contribution is 2.21. The van der Waals surface area contributed by atoms with Gasteiger partial charge in [0, 0.05) is 35.2 Å². The van der Waals surface area contributed by atoms with Crippen molar-refractivity contribution in [3.63, 3.8) is 0 Å². The van der Waals surface area contributed by atoms with E-state index in [1.165, 1.54) is 55.6 Å². The van der Waals surface area contributed by atoms with Gasteiger partial charge in [-0.1, -0.05) is 12.1 Å². The number of nitrogens with zero attached hydrogens (tertiary/aromatic N) is 4. The first-order valence-corrected chi connectivity index (χ1v) is 7.92. The summed E-state index contributed by atoms with van der Waals surface area (Å²) in [5, 5.41) is 26.2. The number of benzene rings is 2. The highest BCUT2D eigenvalue weighted by atomic mass is 16.6. The van der Waals surface area contributed by atoms with E-state index in [9.17, 15) is 29.8 Å². The van der Waals surface area contributed by atoms with Crippen molar-refractivity contribution in [2.24, 2.45) is 5.10 Å². The average Bonchev–Trinajstić information content (AvgIpc) is 2.66. The van der Waals surface area contributed by atoms with Crippen molar-refractivity contribution in [2.45, 2.75) is 6.92 Å². The minimum absolute atomic E-state index is 0.144. The molecule has 0 spiro atoms. The smallest absolute Gasteiger partial charge is 0.282 e. The number of ketones is 1. The fraction of sp³-hybridized carbons (Fsp3) is 0.0556. The standard InChI is InChI=1S/C18H12N4O6/c1-11(23)16-9-13-8-15(22(27)28)5-6-17(13)20(18(16)24)19-10-12-3-2-4-14(7-12)21(25)26/h2-10H,1H3/b19-10+. The van der Waals surface area contributed by atoms with Crippen LogP contribution in [0.25, 0.3) is 10.9 Å². The number of hydrogen-bond donors (Lipinski definition) is 0. The molecule has 0 fully saturated rings. The lowest BCUT2D eigenvalue weighted by Crippen LogP contribution is -2.23. The van der Waals surface area contributed by atoms with E-state index in [2.05, 4.69) is 5.10 Å². The first-order valence-electron chi connectivity index (χ1n) is 7.92. The summed E-state index contributed by atoms with van der Waals surface area (Å²) in [5.41, 5.74) is -0.601. The molecule has 0 radical (unpaired) electrons. The highest BCUT2D eigenvalue weighted by molar-refractivity contribution is 5.97. The summed E-state index contributed by atoms with van der Waals surface area (Å²) >= 11 is 0. The molecule has 0 saturated heterocycles. The third-order valence-electron chi connectivity index (χ3n) is 3.96. The number of carbonyl (C=O) groups excluding carboxylic acids is 1. The number of Topliss-reactive ketones (excluding diaryl/α,β-unsaturated/α-hetero) is 1. The van der Waals surface area contributed by atoms with Crippen LogP contribution in [0.5, 0.6) is 0 Å². The number of nitro groups is 2. The second-order valence-electron chi connectivity index (χ2n) is 5.83. The van der Waals surface area contributed by atoms with Gasteiger partial charge in [-0.25, -0.2) is 0 Å². The van der Waals surface area contributed by atoms with E-state index in [-0.39, 0.29) is 27.8 Å². The van der Waals surface area contributed by atoms with Crippen molar-refractivity contribution in [1.29, 1.82) is 0 Å². The number of non-ortho nitro benzene ring substituents is 2. The number of nitro benzene ring substituents is 2. The molecular formula is C18H12N4O6. The Kier molecular flexibility index (Phi) is 4.77. The minimum atomic E-state index is -0.699. The molecule has 1 aromatic heterocycles. The Balaban J connectivity index is 2.21. The fourth-order valence-corrected chi connectivity index (χ4v) is 2.61. The van der Waals surface area contributed by atoms with Crippen LogP contribution < -0.4 is 5.56 Å². The third-order valence-corrected chi connectivity index (χ3v) is 3.96. The maximum Gasteiger partial charge on any atom is 0.282 e. The second-order valence-corrected chi connectivity index (χ2v) is 5.83. The SMILES string of the molecule is CC(=O)c1cc2cc([N+](=O)[O-])ccc2n(/N=C/c2cccc([N+](=O)[O-])c2)c1=O. The maximum atomic E-state index is 12.6. The van der Waals surface area contributed by atoms with Crippen LogP contribution in [0.3, 0.4) is 0 Å². The number of hydrogen-bond acceptors (Lipinski definition) is 7. The van der Waals surface area contributed by atoms with Crippen molar-refractivity contribution in [2.75, 3.05) is 0 Å². The molecule has 1 heterocycles. The molecule has 28 heavy (non-hydrogen) atoms. The van der Waals surface area contributed by atoms with Gasteiger partial charge in [0.2, 0.25) is 0 Å². The topological polar surface area (TPSA) is 138 Å². The van der Waals surface area contributed by atoms with Crippen molar-refractivity contribution in [3.8, 4) is 0 Å². The average molecular weight is 380 g/mol. The van der Waals surface area contributed by atoms with Crippen LogP contribution in [0.2, 0.25) is 0 Å². The van der Waals surface area contributed by atoms with E-state index >= 15 is 0 Å². The lowest BCUT2D eigenvalue weighted by Gasteiger charge is -2.07. The van der Waals surface area contributed by atoms with Crippen LogP contribution in [0.4, 0.5) is 11.4 Å². The molecule has 3 rings (SSSR count). The van der Waals surface area contributed by atoms with Crippen LogP contribution >= 0.6 is 0 Å². The quantitative estimate of drug-likeness (QED) is 0.289. The lowest BCUT2D eigenvalue weighted by molar-refractivity contribution is -0.385. The van der Waals surface area contributed by atoms with Crippen LogP contribution in [-0.2, 0) is 0 Å². The van der Waals surface area contributed by atoms with Gasteiger partial charge in [0.05, 0.1) is 27.1 Å². The summed E-state index contributed by atoms with van der Waals surface area (Å²) in [4.78, 5) is 45.2. The molecule has 140 valence electrons. The molecule has 0 aliphatic carbocycles. The van der Waals surface area contributed by atoms with E-state index in [1.807, 2.05) is 0 Å². The van der Waals surface area contributed by atoms with Crippen LogP contribution in [0.15, 0.2) is 58.4 Å². The number of fused-ring (bicyclic) bond motifs is 1. The largest absolute Gasteiger partial charge is 0.294 e. The number of carbonyl (C=O) groups is 1. The summed E-state index contributed by atoms with van der Waals surface area (Å²) < 4.78 is 0.939. The van der Waals surface area contributed by atoms with Gasteiger partial charge in [-0.05, 0) is 19.1 Å². The number of aromatic nitrogens is 1. The van der Waals surface area contributed by atoms with Crippen molar-refractivity contribution in [1.82, 2.24) is 4.68 Å². The third kappa shape index (κ3) is 3.51. The summed E-state index contributed by atoms with van der Waals surface area (Å²) in [6.07, 6.45) is 1.24. The molecule has 0 bridgehead atoms. The van der Waals surface area contributed by atoms with Gasteiger partial charge in [0.15, 0.2) is 5.78 Å². The molecule has 10 heteroatoms. The van der Waals surface area contributed by atoms with Gasteiger partial charge < -0.3 is 0 Å². The number of rotatable bonds is 5. The Hall–Kier alpha value is -4.21.